The van der Waals surface area contributed by atoms with Gasteiger partial charge in [-0.15, -0.1) is 0 Å². The molecule has 2 N–H and O–H groups in total. The highest BCUT2D eigenvalue weighted by molar-refractivity contribution is 5.79. The predicted molar refractivity (Wildman–Crippen MR) is 111 cm³/mol. The van der Waals surface area contributed by atoms with Crippen LogP contribution in [0.3, 0.4) is 0 Å². The van der Waals surface area contributed by atoms with Gasteiger partial charge in [0.15, 0.2) is 5.65 Å². The number of aldehydes is 1. The van der Waals surface area contributed by atoms with E-state index in [2.05, 4.69) is 48.2 Å². The standard InChI is InChI=1S/C22H28N4O/c1-21(2,3)13-25-17-8-6-7-15(9-17)18-12-24-20-19(26-18)16(11-23-20)10-22(4,5)14-27/h6-9,11-12,14,25H,10,13H2,1-5H3,(H,23,24). The first-order chi connectivity index (χ1) is 12.7. The van der Waals surface area contributed by atoms with E-state index in [0.717, 1.165) is 46.5 Å². The van der Waals surface area contributed by atoms with Crippen molar-refractivity contribution in [2.45, 2.75) is 41.0 Å². The molecule has 0 unspecified atom stereocenters. The Morgan fingerprint density at radius 2 is 1.96 bits per heavy atom. The molecule has 3 rings (SSSR count). The van der Waals surface area contributed by atoms with E-state index in [-0.39, 0.29) is 5.41 Å². The molecule has 0 saturated carbocycles. The van der Waals surface area contributed by atoms with Gasteiger partial charge in [-0.05, 0) is 29.5 Å². The number of fused-ring (bicyclic) bond motifs is 1. The molecule has 2 aromatic heterocycles. The molecule has 0 aliphatic carbocycles. The number of anilines is 1. The number of carbonyl (C=O) groups is 1. The van der Waals surface area contributed by atoms with Crippen molar-refractivity contribution in [2.75, 3.05) is 11.9 Å². The maximum Gasteiger partial charge on any atom is 0.156 e. The Kier molecular flexibility index (Phi) is 5.05. The number of H-pyrrole nitrogens is 1. The summed E-state index contributed by atoms with van der Waals surface area (Å²) in [5, 5.41) is 3.48. The first-order valence-corrected chi connectivity index (χ1v) is 9.31. The van der Waals surface area contributed by atoms with Crippen LogP contribution < -0.4 is 5.32 Å². The number of carbonyl (C=O) groups excluding carboxylic acids is 1. The zero-order valence-corrected chi connectivity index (χ0v) is 16.8. The maximum atomic E-state index is 11.3. The lowest BCUT2D eigenvalue weighted by Crippen LogP contribution is -2.18. The highest BCUT2D eigenvalue weighted by atomic mass is 16.1. The molecule has 3 aromatic rings. The van der Waals surface area contributed by atoms with E-state index in [1.54, 1.807) is 6.20 Å². The van der Waals surface area contributed by atoms with Crippen molar-refractivity contribution in [1.29, 1.82) is 0 Å². The molecule has 0 fully saturated rings. The Hall–Kier alpha value is -2.69. The number of rotatable bonds is 6. The highest BCUT2D eigenvalue weighted by Gasteiger charge is 2.20. The molecule has 0 radical (unpaired) electrons. The van der Waals surface area contributed by atoms with Crippen molar-refractivity contribution in [3.8, 4) is 11.3 Å². The molecule has 27 heavy (non-hydrogen) atoms. The lowest BCUT2D eigenvalue weighted by molar-refractivity contribution is -0.114. The summed E-state index contributed by atoms with van der Waals surface area (Å²) < 4.78 is 0. The third kappa shape index (κ3) is 4.73. The van der Waals surface area contributed by atoms with Crippen LogP contribution in [0.5, 0.6) is 0 Å². The van der Waals surface area contributed by atoms with Crippen molar-refractivity contribution < 1.29 is 4.79 Å². The van der Waals surface area contributed by atoms with Crippen LogP contribution >= 0.6 is 0 Å². The van der Waals surface area contributed by atoms with Crippen LogP contribution in [0.1, 0.15) is 40.2 Å². The average Bonchev–Trinajstić information content (AvgIpc) is 3.01. The van der Waals surface area contributed by atoms with Crippen LogP contribution in [0.2, 0.25) is 0 Å². The van der Waals surface area contributed by atoms with E-state index in [0.29, 0.717) is 6.42 Å². The van der Waals surface area contributed by atoms with Crippen molar-refractivity contribution in [2.24, 2.45) is 10.8 Å². The van der Waals surface area contributed by atoms with Crippen LogP contribution in [-0.2, 0) is 11.2 Å². The summed E-state index contributed by atoms with van der Waals surface area (Å²) >= 11 is 0. The summed E-state index contributed by atoms with van der Waals surface area (Å²) in [6.45, 7) is 11.4. The Balaban J connectivity index is 1.92. The lowest BCUT2D eigenvalue weighted by Gasteiger charge is -2.20. The van der Waals surface area contributed by atoms with Gasteiger partial charge in [-0.25, -0.2) is 9.97 Å². The largest absolute Gasteiger partial charge is 0.385 e. The summed E-state index contributed by atoms with van der Waals surface area (Å²) in [4.78, 5) is 23.8. The summed E-state index contributed by atoms with van der Waals surface area (Å²) in [6.07, 6.45) is 5.31. The van der Waals surface area contributed by atoms with Gasteiger partial charge in [-0.3, -0.25) is 0 Å². The SMILES string of the molecule is CC(C)(C)CNc1cccc(-c2cnc3[nH]cc(CC(C)(C)C=O)c3n2)c1. The molecule has 5 nitrogen and oxygen atoms in total. The highest BCUT2D eigenvalue weighted by Crippen LogP contribution is 2.27. The number of aromatic nitrogens is 3. The molecule has 142 valence electrons. The third-order valence-electron chi connectivity index (χ3n) is 4.41. The monoisotopic (exact) mass is 364 g/mol. The van der Waals surface area contributed by atoms with Gasteiger partial charge in [0.05, 0.1) is 11.9 Å². The number of nitrogens with zero attached hydrogens (tertiary/aromatic N) is 2. The van der Waals surface area contributed by atoms with Crippen molar-refractivity contribution in [3.63, 3.8) is 0 Å². The topological polar surface area (TPSA) is 70.7 Å². The number of hydrogen-bond donors (Lipinski definition) is 2. The smallest absolute Gasteiger partial charge is 0.156 e. The zero-order chi connectivity index (χ0) is 19.7. The zero-order valence-electron chi connectivity index (χ0n) is 16.8. The van der Waals surface area contributed by atoms with E-state index in [1.807, 2.05) is 32.2 Å². The molecule has 0 aliphatic rings. The van der Waals surface area contributed by atoms with Crippen molar-refractivity contribution >= 4 is 23.1 Å². The van der Waals surface area contributed by atoms with Crippen LogP contribution in [0, 0.1) is 10.8 Å². The van der Waals surface area contributed by atoms with E-state index in [9.17, 15) is 4.79 Å². The molecule has 0 atom stereocenters. The molecule has 0 spiro atoms. The minimum atomic E-state index is -0.427. The second-order valence-electron chi connectivity index (χ2n) is 9.04. The van der Waals surface area contributed by atoms with Gasteiger partial charge in [0.25, 0.3) is 0 Å². The average molecular weight is 364 g/mol. The van der Waals surface area contributed by atoms with E-state index in [4.69, 9.17) is 4.98 Å². The molecule has 2 heterocycles. The third-order valence-corrected chi connectivity index (χ3v) is 4.41. The first kappa shape index (κ1) is 19.1. The van der Waals surface area contributed by atoms with Crippen molar-refractivity contribution in [1.82, 2.24) is 15.0 Å². The van der Waals surface area contributed by atoms with Crippen LogP contribution in [0.25, 0.3) is 22.4 Å². The van der Waals surface area contributed by atoms with Gasteiger partial charge in [-0.1, -0.05) is 46.8 Å². The number of benzene rings is 1. The predicted octanol–water partition coefficient (Wildman–Crippen LogP) is 4.85. The Labute approximate surface area is 160 Å². The minimum Gasteiger partial charge on any atom is -0.385 e. The molecule has 0 aliphatic heterocycles. The summed E-state index contributed by atoms with van der Waals surface area (Å²) in [5.41, 5.74) is 5.29. The quantitative estimate of drug-likeness (QED) is 0.613. The minimum absolute atomic E-state index is 0.208. The van der Waals surface area contributed by atoms with Gasteiger partial charge in [0, 0.05) is 29.4 Å². The summed E-state index contributed by atoms with van der Waals surface area (Å²) in [6, 6.07) is 8.23. The van der Waals surface area contributed by atoms with Gasteiger partial charge in [-0.2, -0.15) is 0 Å². The lowest BCUT2D eigenvalue weighted by atomic mass is 9.88. The van der Waals surface area contributed by atoms with Gasteiger partial charge < -0.3 is 15.1 Å². The van der Waals surface area contributed by atoms with Crippen molar-refractivity contribution in [3.05, 3.63) is 42.2 Å². The van der Waals surface area contributed by atoms with Crippen LogP contribution in [-0.4, -0.2) is 27.8 Å². The molecule has 0 bridgehead atoms. The molecular formula is C22H28N4O. The van der Waals surface area contributed by atoms with Crippen LogP contribution in [0.4, 0.5) is 5.69 Å². The number of nitrogens with one attached hydrogen (secondary N) is 2. The van der Waals surface area contributed by atoms with Gasteiger partial charge in [0.1, 0.15) is 11.8 Å². The fourth-order valence-electron chi connectivity index (χ4n) is 2.90. The number of aromatic amines is 1. The maximum absolute atomic E-state index is 11.3. The van der Waals surface area contributed by atoms with Crippen LogP contribution in [0.15, 0.2) is 36.7 Å². The fourth-order valence-corrected chi connectivity index (χ4v) is 2.90. The summed E-state index contributed by atoms with van der Waals surface area (Å²) in [5.74, 6) is 0. The van der Waals surface area contributed by atoms with E-state index < -0.39 is 5.41 Å². The molecule has 0 amide bonds. The Morgan fingerprint density at radius 1 is 1.19 bits per heavy atom. The van der Waals surface area contributed by atoms with E-state index in [1.165, 1.54) is 0 Å². The Morgan fingerprint density at radius 3 is 2.67 bits per heavy atom. The molecule has 5 heteroatoms. The molecule has 0 saturated heterocycles. The van der Waals surface area contributed by atoms with Gasteiger partial charge >= 0.3 is 0 Å². The first-order valence-electron chi connectivity index (χ1n) is 9.31. The second kappa shape index (κ2) is 7.14. The Bertz CT molecular complexity index is 950. The summed E-state index contributed by atoms with van der Waals surface area (Å²) in [7, 11) is 0. The number of hydrogen-bond acceptors (Lipinski definition) is 4. The molecular weight excluding hydrogens is 336 g/mol. The fraction of sp³-hybridized carbons (Fsp3) is 0.409. The second-order valence-corrected chi connectivity index (χ2v) is 9.04. The van der Waals surface area contributed by atoms with Gasteiger partial charge in [0.2, 0.25) is 0 Å². The molecule has 1 aromatic carbocycles. The van der Waals surface area contributed by atoms with E-state index >= 15 is 0 Å². The normalized spacial score (nSPS) is 12.3.